The van der Waals surface area contributed by atoms with Crippen LogP contribution < -0.4 is 16.0 Å². The van der Waals surface area contributed by atoms with Crippen molar-refractivity contribution in [2.24, 2.45) is 11.8 Å². The lowest BCUT2D eigenvalue weighted by molar-refractivity contribution is -0.137. The van der Waals surface area contributed by atoms with Gasteiger partial charge >= 0.3 is 11.8 Å². The molecule has 2 amide bonds. The van der Waals surface area contributed by atoms with E-state index >= 15 is 0 Å². The van der Waals surface area contributed by atoms with Crippen LogP contribution in [0.1, 0.15) is 33.1 Å². The molecule has 0 aromatic carbocycles. The van der Waals surface area contributed by atoms with E-state index in [1.165, 1.54) is 12.6 Å². The van der Waals surface area contributed by atoms with Crippen LogP contribution in [0.4, 0.5) is 11.5 Å². The van der Waals surface area contributed by atoms with Gasteiger partial charge in [-0.2, -0.15) is 0 Å². The number of amides is 2. The predicted octanol–water partition coefficient (Wildman–Crippen LogP) is 2.00. The second-order valence-corrected chi connectivity index (χ2v) is 5.98. The zero-order valence-corrected chi connectivity index (χ0v) is 13.3. The third kappa shape index (κ3) is 3.96. The van der Waals surface area contributed by atoms with E-state index in [-0.39, 0.29) is 6.04 Å². The summed E-state index contributed by atoms with van der Waals surface area (Å²) >= 11 is 0. The Morgan fingerprint density at radius 2 is 1.95 bits per heavy atom. The summed E-state index contributed by atoms with van der Waals surface area (Å²) in [6.45, 7) is 4.32. The quantitative estimate of drug-likeness (QED) is 0.746. The van der Waals surface area contributed by atoms with Crippen molar-refractivity contribution >= 4 is 23.3 Å². The molecule has 0 bridgehead atoms. The molecule has 1 fully saturated rings. The molecule has 0 saturated heterocycles. The van der Waals surface area contributed by atoms with Gasteiger partial charge in [-0.25, -0.2) is 4.98 Å². The lowest BCUT2D eigenvalue weighted by Gasteiger charge is -2.34. The molecule has 1 heterocycles. The molecule has 3 N–H and O–H groups in total. The monoisotopic (exact) mass is 304 g/mol. The second-order valence-electron chi connectivity index (χ2n) is 5.98. The molecule has 3 atom stereocenters. The van der Waals surface area contributed by atoms with Gasteiger partial charge < -0.3 is 16.0 Å². The second kappa shape index (κ2) is 7.24. The van der Waals surface area contributed by atoms with Crippen LogP contribution in [0.15, 0.2) is 18.3 Å². The van der Waals surface area contributed by atoms with Crippen molar-refractivity contribution < 1.29 is 9.59 Å². The number of carbonyl (C=O) groups excluding carboxylic acids is 2. The van der Waals surface area contributed by atoms with Gasteiger partial charge in [0.1, 0.15) is 5.82 Å². The van der Waals surface area contributed by atoms with Crippen molar-refractivity contribution in [3.8, 4) is 0 Å². The maximum Gasteiger partial charge on any atom is 0.313 e. The number of hydrogen-bond acceptors (Lipinski definition) is 4. The van der Waals surface area contributed by atoms with Gasteiger partial charge in [-0.15, -0.1) is 0 Å². The van der Waals surface area contributed by atoms with Crippen molar-refractivity contribution in [1.82, 2.24) is 10.3 Å². The Morgan fingerprint density at radius 3 is 2.59 bits per heavy atom. The molecule has 6 heteroatoms. The molecule has 22 heavy (non-hydrogen) atoms. The smallest absolute Gasteiger partial charge is 0.313 e. The number of rotatable bonds is 3. The highest BCUT2D eigenvalue weighted by Crippen LogP contribution is 2.29. The standard InChI is InChI=1S/C16H24N4O2/c1-10-5-4-6-13(11(10)2)20-16(22)15(21)19-12-7-8-14(17-3)18-9-12/h7-11,13H,4-6H2,1-3H3,(H,17,18)(H,19,21)(H,20,22). The first-order chi connectivity index (χ1) is 10.5. The lowest BCUT2D eigenvalue weighted by atomic mass is 9.78. The molecule has 6 nitrogen and oxygen atoms in total. The van der Waals surface area contributed by atoms with Crippen molar-refractivity contribution in [1.29, 1.82) is 0 Å². The third-order valence-electron chi connectivity index (χ3n) is 4.51. The Kier molecular flexibility index (Phi) is 5.35. The van der Waals surface area contributed by atoms with Gasteiger partial charge in [0.25, 0.3) is 0 Å². The molecule has 1 aliphatic rings. The summed E-state index contributed by atoms with van der Waals surface area (Å²) in [5.74, 6) is 0.433. The van der Waals surface area contributed by atoms with Crippen LogP contribution in [-0.2, 0) is 9.59 Å². The Labute approximate surface area is 131 Å². The number of aromatic nitrogens is 1. The summed E-state index contributed by atoms with van der Waals surface area (Å²) < 4.78 is 0. The fourth-order valence-corrected chi connectivity index (χ4v) is 2.82. The van der Waals surface area contributed by atoms with Crippen LogP contribution >= 0.6 is 0 Å². The van der Waals surface area contributed by atoms with E-state index in [2.05, 4.69) is 34.8 Å². The van der Waals surface area contributed by atoms with E-state index < -0.39 is 11.8 Å². The normalized spacial score (nSPS) is 24.4. The zero-order chi connectivity index (χ0) is 16.1. The average molecular weight is 304 g/mol. The minimum Gasteiger partial charge on any atom is -0.373 e. The zero-order valence-electron chi connectivity index (χ0n) is 13.3. The number of carbonyl (C=O) groups is 2. The molecule has 0 aliphatic heterocycles. The maximum absolute atomic E-state index is 12.0. The van der Waals surface area contributed by atoms with Gasteiger partial charge in [0.2, 0.25) is 0 Å². The van der Waals surface area contributed by atoms with Crippen LogP contribution in [0.25, 0.3) is 0 Å². The Bertz CT molecular complexity index is 529. The highest BCUT2D eigenvalue weighted by molar-refractivity contribution is 6.39. The molecule has 0 spiro atoms. The summed E-state index contributed by atoms with van der Waals surface area (Å²) in [7, 11) is 1.76. The fraction of sp³-hybridized carbons (Fsp3) is 0.562. The molecule has 1 aromatic rings. The van der Waals surface area contributed by atoms with Crippen LogP contribution in [0.5, 0.6) is 0 Å². The van der Waals surface area contributed by atoms with Crippen LogP contribution in [0.3, 0.4) is 0 Å². The van der Waals surface area contributed by atoms with Crippen LogP contribution in [-0.4, -0.2) is 29.9 Å². The summed E-state index contributed by atoms with van der Waals surface area (Å²) in [5, 5.41) is 8.32. The topological polar surface area (TPSA) is 83.1 Å². The fourth-order valence-electron chi connectivity index (χ4n) is 2.82. The minimum atomic E-state index is -0.649. The molecular weight excluding hydrogens is 280 g/mol. The Balaban J connectivity index is 1.90. The van der Waals surface area contributed by atoms with Gasteiger partial charge in [-0.3, -0.25) is 9.59 Å². The van der Waals surface area contributed by atoms with Crippen molar-refractivity contribution in [3.05, 3.63) is 18.3 Å². The summed E-state index contributed by atoms with van der Waals surface area (Å²) in [6, 6.07) is 3.51. The molecule has 1 saturated carbocycles. The highest BCUT2D eigenvalue weighted by Gasteiger charge is 2.29. The largest absolute Gasteiger partial charge is 0.373 e. The maximum atomic E-state index is 12.0. The van der Waals surface area contributed by atoms with Gasteiger partial charge in [0, 0.05) is 13.1 Å². The number of anilines is 2. The molecule has 1 aliphatic carbocycles. The molecule has 2 rings (SSSR count). The predicted molar refractivity (Wildman–Crippen MR) is 86.5 cm³/mol. The summed E-state index contributed by atoms with van der Waals surface area (Å²) in [6.07, 6.45) is 4.72. The van der Waals surface area contributed by atoms with Crippen molar-refractivity contribution in [3.63, 3.8) is 0 Å². The molecule has 3 unspecified atom stereocenters. The van der Waals surface area contributed by atoms with E-state index in [9.17, 15) is 9.59 Å². The Hall–Kier alpha value is -2.11. The SMILES string of the molecule is CNc1ccc(NC(=O)C(=O)NC2CCCC(C)C2C)cn1. The number of nitrogens with one attached hydrogen (secondary N) is 3. The summed E-state index contributed by atoms with van der Waals surface area (Å²) in [4.78, 5) is 28.1. The Morgan fingerprint density at radius 1 is 1.18 bits per heavy atom. The molecule has 0 radical (unpaired) electrons. The highest BCUT2D eigenvalue weighted by atomic mass is 16.2. The van der Waals surface area contributed by atoms with Crippen molar-refractivity contribution in [2.75, 3.05) is 17.7 Å². The number of nitrogens with zero attached hydrogens (tertiary/aromatic N) is 1. The van der Waals surface area contributed by atoms with E-state index in [1.54, 1.807) is 19.2 Å². The van der Waals surface area contributed by atoms with E-state index in [0.717, 1.165) is 12.8 Å². The van der Waals surface area contributed by atoms with Crippen LogP contribution in [0.2, 0.25) is 0 Å². The van der Waals surface area contributed by atoms with Crippen molar-refractivity contribution in [2.45, 2.75) is 39.2 Å². The van der Waals surface area contributed by atoms with Gasteiger partial charge in [-0.1, -0.05) is 26.7 Å². The third-order valence-corrected chi connectivity index (χ3v) is 4.51. The van der Waals surface area contributed by atoms with Crippen LogP contribution in [0, 0.1) is 11.8 Å². The first-order valence-electron chi connectivity index (χ1n) is 7.77. The van der Waals surface area contributed by atoms with Gasteiger partial charge in [-0.05, 0) is 30.4 Å². The summed E-state index contributed by atoms with van der Waals surface area (Å²) in [5.41, 5.74) is 0.504. The number of hydrogen-bond donors (Lipinski definition) is 3. The molecule has 120 valence electrons. The minimum absolute atomic E-state index is 0.0757. The molecule has 1 aromatic heterocycles. The van der Waals surface area contributed by atoms with E-state index in [1.807, 2.05) is 0 Å². The van der Waals surface area contributed by atoms with Gasteiger partial charge in [0.15, 0.2) is 0 Å². The number of pyridine rings is 1. The van der Waals surface area contributed by atoms with E-state index in [4.69, 9.17) is 0 Å². The lowest BCUT2D eigenvalue weighted by Crippen LogP contribution is -2.47. The average Bonchev–Trinajstić information content (AvgIpc) is 2.52. The van der Waals surface area contributed by atoms with E-state index in [0.29, 0.717) is 23.3 Å². The molecular formula is C16H24N4O2. The van der Waals surface area contributed by atoms with Gasteiger partial charge in [0.05, 0.1) is 11.9 Å². The first kappa shape index (κ1) is 16.3. The first-order valence-corrected chi connectivity index (χ1v) is 7.77.